The fraction of sp³-hybridized carbons (Fsp3) is 0.774. The SMILES string of the molecule is CC(=O)OCC1=C(C(=O)O)N2C(=O)[C@@H](NC(=O)Cc3cccs3)[C@H]2SC1.CC[C@H]1OC(=O)[C@H](C)[C@@H](O[C@H]2C[C@@](C)(OC)[C@@H](O)[C@H](C)O2)[C@H](C)[C@@H](O[C@@H]2O[C@H](C)C[C@H](N(C)C)[C@H]2O)[C@](C)(O)C[C@@H](C)C(=O)[C@H](C)[C@@H](O)[C@]1(C)O. The van der Waals surface area contributed by atoms with Gasteiger partial charge in [-0.05, 0) is 86.3 Å². The van der Waals surface area contributed by atoms with Gasteiger partial charge in [0.25, 0.3) is 5.91 Å². The molecule has 77 heavy (non-hydrogen) atoms. The molecule has 5 aliphatic rings. The maximum absolute atomic E-state index is 14.1. The lowest BCUT2D eigenvalue weighted by atomic mass is 9.74. The Morgan fingerprint density at radius 2 is 1.61 bits per heavy atom. The van der Waals surface area contributed by atoms with Crippen LogP contribution in [0.3, 0.4) is 0 Å². The molecule has 24 heteroatoms. The zero-order valence-electron chi connectivity index (χ0n) is 46.7. The highest BCUT2D eigenvalue weighted by Gasteiger charge is 2.56. The first-order chi connectivity index (χ1) is 35.8. The predicted molar refractivity (Wildman–Crippen MR) is 281 cm³/mol. The summed E-state index contributed by atoms with van der Waals surface area (Å²) in [5, 5.41) is 71.2. The van der Waals surface area contributed by atoms with Crippen LogP contribution in [0.1, 0.15) is 107 Å². The van der Waals surface area contributed by atoms with Crippen LogP contribution in [0.5, 0.6) is 0 Å². The fourth-order valence-electron chi connectivity index (χ4n) is 11.2. The summed E-state index contributed by atoms with van der Waals surface area (Å²) in [6, 6.07) is 2.60. The number of carboxylic acids is 1. The summed E-state index contributed by atoms with van der Waals surface area (Å²) in [5.41, 5.74) is -4.64. The van der Waals surface area contributed by atoms with Gasteiger partial charge in [0.05, 0.1) is 54.1 Å². The number of nitrogens with one attached hydrogen (secondary N) is 1. The number of hydrogen-bond acceptors (Lipinski definition) is 21. The van der Waals surface area contributed by atoms with Crippen LogP contribution < -0.4 is 5.32 Å². The second kappa shape index (κ2) is 26.3. The molecule has 0 bridgehead atoms. The number of nitrogens with zero attached hydrogens (tertiary/aromatic N) is 2. The minimum absolute atomic E-state index is 0.0936. The normalized spacial score (nSPS) is 40.3. The van der Waals surface area contributed by atoms with E-state index in [1.807, 2.05) is 43.4 Å². The number of carboxylic acid groups (broad SMARTS) is 1. The molecule has 0 aromatic carbocycles. The maximum atomic E-state index is 14.1. The minimum Gasteiger partial charge on any atom is -0.477 e. The number of aliphatic carboxylic acids is 1. The lowest BCUT2D eigenvalue weighted by molar-refractivity contribution is -0.318. The quantitative estimate of drug-likeness (QED) is 0.110. The molecule has 6 rings (SSSR count). The molecule has 0 radical (unpaired) electrons. The third-order valence-corrected chi connectivity index (χ3v) is 18.0. The van der Waals surface area contributed by atoms with Crippen LogP contribution in [0.4, 0.5) is 0 Å². The monoisotopic (exact) mass is 1130 g/mol. The van der Waals surface area contributed by atoms with Crippen LogP contribution in [0.2, 0.25) is 0 Å². The molecule has 436 valence electrons. The molecule has 1 aromatic rings. The van der Waals surface area contributed by atoms with E-state index in [1.54, 1.807) is 41.5 Å². The van der Waals surface area contributed by atoms with E-state index >= 15 is 0 Å². The third kappa shape index (κ3) is 14.7. The summed E-state index contributed by atoms with van der Waals surface area (Å²) in [7, 11) is 5.18. The molecular weight excluding hydrogens is 1050 g/mol. The number of amides is 2. The van der Waals surface area contributed by atoms with E-state index in [9.17, 15) is 59.4 Å². The van der Waals surface area contributed by atoms with E-state index < -0.39 is 137 Å². The zero-order chi connectivity index (χ0) is 57.8. The Morgan fingerprint density at radius 3 is 2.18 bits per heavy atom. The molecule has 4 saturated heterocycles. The van der Waals surface area contributed by atoms with E-state index in [4.69, 9.17) is 33.2 Å². The number of rotatable bonds is 13. The molecule has 22 nitrogen and oxygen atoms in total. The molecule has 0 spiro atoms. The fourth-order valence-corrected chi connectivity index (χ4v) is 13.2. The number of fused-ring (bicyclic) bond motifs is 1. The molecule has 6 heterocycles. The number of hydrogen-bond donors (Lipinski definition) is 7. The standard InChI is InChI=1S/C37H67NO13.C16H16N2O6S2/c1-14-25-37(10,45)30(41)20(4)27(39)18(2)16-35(8,44)32(51-34-28(40)24(38(11)12)15-19(3)47-34)21(5)29(22(6)33(43)49-25)50-26-17-36(9,46-13)31(42)23(7)48-26;1-8(19)24-6-9-7-26-15-12(14(21)18(15)13(9)16(22)23)17-11(20)5-10-3-2-4-25-10/h18-26,28-32,34,40-42,44-45H,14-17H2,1-13H3;2-4,12,15H,5-7H2,1H3,(H,17,20)(H,22,23)/t18-,19-,20+,21+,22-,23+,24+,25-,26+,28-,29+,30-,31+,32-,34+,35-,36-,37-;12-,15-/m11/s1. The smallest absolute Gasteiger partial charge is 0.352 e. The van der Waals surface area contributed by atoms with E-state index in [0.717, 1.165) is 9.78 Å². The average Bonchev–Trinajstić information content (AvgIpc) is 3.88. The van der Waals surface area contributed by atoms with Gasteiger partial charge in [-0.2, -0.15) is 0 Å². The largest absolute Gasteiger partial charge is 0.477 e. The van der Waals surface area contributed by atoms with Crippen molar-refractivity contribution in [2.24, 2.45) is 23.7 Å². The highest BCUT2D eigenvalue weighted by Crippen LogP contribution is 2.43. The van der Waals surface area contributed by atoms with Crippen molar-refractivity contribution in [1.29, 1.82) is 0 Å². The van der Waals surface area contributed by atoms with Crippen LogP contribution in [0, 0.1) is 23.7 Å². The second-order valence-corrected chi connectivity index (χ2v) is 24.4. The van der Waals surface area contributed by atoms with Crippen LogP contribution in [-0.4, -0.2) is 205 Å². The Hall–Kier alpha value is -3.63. The van der Waals surface area contributed by atoms with Gasteiger partial charge in [0, 0.05) is 60.5 Å². The highest BCUT2D eigenvalue weighted by atomic mass is 32.2. The number of ether oxygens (including phenoxy) is 7. The molecule has 0 aliphatic carbocycles. The topological polar surface area (TPSA) is 307 Å². The molecule has 2 amide bonds. The van der Waals surface area contributed by atoms with Crippen LogP contribution in [0.15, 0.2) is 28.8 Å². The number of carbonyl (C=O) groups excluding carboxylic acids is 5. The van der Waals surface area contributed by atoms with Crippen molar-refractivity contribution >= 4 is 58.6 Å². The highest BCUT2D eigenvalue weighted by molar-refractivity contribution is 8.00. The molecule has 1 aromatic heterocycles. The Bertz CT molecular complexity index is 2260. The number of cyclic esters (lactones) is 1. The Balaban J connectivity index is 0.000000349. The molecule has 20 atom stereocenters. The number of β-lactam (4-membered cyclic amide) rings is 1. The second-order valence-electron chi connectivity index (χ2n) is 22.2. The molecule has 5 aliphatic heterocycles. The number of thioether (sulfide) groups is 1. The Labute approximate surface area is 459 Å². The average molecular weight is 1130 g/mol. The summed E-state index contributed by atoms with van der Waals surface area (Å²) in [6.45, 7) is 17.4. The van der Waals surface area contributed by atoms with Crippen molar-refractivity contribution in [3.8, 4) is 0 Å². The molecule has 0 saturated carbocycles. The van der Waals surface area contributed by atoms with Crippen molar-refractivity contribution in [3.63, 3.8) is 0 Å². The van der Waals surface area contributed by atoms with Gasteiger partial charge in [-0.1, -0.05) is 33.8 Å². The number of carbonyl (C=O) groups is 6. The van der Waals surface area contributed by atoms with Crippen molar-refractivity contribution in [2.45, 2.75) is 204 Å². The van der Waals surface area contributed by atoms with Crippen molar-refractivity contribution in [1.82, 2.24) is 15.1 Å². The first-order valence-electron chi connectivity index (χ1n) is 26.2. The molecular formula is C53H83N3O19S2. The lowest BCUT2D eigenvalue weighted by Crippen LogP contribution is -2.70. The van der Waals surface area contributed by atoms with Gasteiger partial charge in [0.1, 0.15) is 53.4 Å². The number of aliphatic hydroxyl groups is 5. The van der Waals surface area contributed by atoms with E-state index in [0.29, 0.717) is 17.7 Å². The number of Topliss-reactive ketones (excluding diaryl/α,β-unsaturated/α-hetero) is 1. The first kappa shape index (κ1) is 64.2. The van der Waals surface area contributed by atoms with E-state index in [1.165, 1.54) is 57.9 Å². The maximum Gasteiger partial charge on any atom is 0.352 e. The Kier molecular flexibility index (Phi) is 21.9. The first-order valence-corrected chi connectivity index (χ1v) is 28.2. The number of aliphatic hydroxyl groups excluding tert-OH is 3. The summed E-state index contributed by atoms with van der Waals surface area (Å²) in [6.07, 6.45) is -9.53. The number of ketones is 1. The predicted octanol–water partition coefficient (Wildman–Crippen LogP) is 2.38. The van der Waals surface area contributed by atoms with Gasteiger partial charge >= 0.3 is 17.9 Å². The van der Waals surface area contributed by atoms with Gasteiger partial charge in [-0.25, -0.2) is 4.79 Å². The van der Waals surface area contributed by atoms with Crippen molar-refractivity contribution in [2.75, 3.05) is 33.6 Å². The van der Waals surface area contributed by atoms with Gasteiger partial charge < -0.3 is 74.0 Å². The number of likely N-dealkylation sites (N-methyl/N-ethyl adjacent to an activating group) is 1. The van der Waals surface area contributed by atoms with Crippen LogP contribution in [-0.2, 0) is 68.3 Å². The van der Waals surface area contributed by atoms with Gasteiger partial charge in [-0.15, -0.1) is 23.1 Å². The summed E-state index contributed by atoms with van der Waals surface area (Å²) >= 11 is 2.79. The number of methoxy groups -OCH3 is 1. The lowest BCUT2D eigenvalue weighted by Gasteiger charge is -2.49. The summed E-state index contributed by atoms with van der Waals surface area (Å²) in [4.78, 5) is 78.9. The van der Waals surface area contributed by atoms with E-state index in [2.05, 4.69) is 5.32 Å². The van der Waals surface area contributed by atoms with Crippen LogP contribution >= 0.6 is 23.1 Å². The van der Waals surface area contributed by atoms with Crippen LogP contribution in [0.25, 0.3) is 0 Å². The number of thiophene rings is 1. The molecule has 4 fully saturated rings. The van der Waals surface area contributed by atoms with E-state index in [-0.39, 0.29) is 56.0 Å². The Morgan fingerprint density at radius 1 is 0.948 bits per heavy atom. The molecule has 7 N–H and O–H groups in total. The van der Waals surface area contributed by atoms with Gasteiger partial charge in [0.2, 0.25) is 5.91 Å². The van der Waals surface area contributed by atoms with Gasteiger partial charge in [-0.3, -0.25) is 28.9 Å². The summed E-state index contributed by atoms with van der Waals surface area (Å²) < 4.78 is 41.9. The van der Waals surface area contributed by atoms with Gasteiger partial charge in [0.15, 0.2) is 12.6 Å². The van der Waals surface area contributed by atoms with Crippen molar-refractivity contribution < 1.29 is 92.6 Å². The zero-order valence-corrected chi connectivity index (χ0v) is 48.3. The third-order valence-electron chi connectivity index (χ3n) is 15.8. The number of esters is 2. The molecule has 0 unspecified atom stereocenters. The van der Waals surface area contributed by atoms with Crippen molar-refractivity contribution in [3.05, 3.63) is 33.7 Å². The minimum atomic E-state index is -1.99. The summed E-state index contributed by atoms with van der Waals surface area (Å²) in [5.74, 6) is -7.20.